The van der Waals surface area contributed by atoms with Crippen molar-refractivity contribution in [2.75, 3.05) is 0 Å². The molecule has 0 saturated carbocycles. The first-order chi connectivity index (χ1) is 9.76. The first-order valence-electron chi connectivity index (χ1n) is 6.51. The number of hydrogen-bond acceptors (Lipinski definition) is 2. The van der Waals surface area contributed by atoms with Crippen LogP contribution in [-0.2, 0) is 5.88 Å². The number of hydrogen-bond donors (Lipinski definition) is 0. The van der Waals surface area contributed by atoms with E-state index in [0.717, 1.165) is 11.9 Å². The number of para-hydroxylation sites is 1. The minimum absolute atomic E-state index is 0.149. The number of aromatic nitrogens is 2. The van der Waals surface area contributed by atoms with E-state index in [9.17, 15) is 4.39 Å². The summed E-state index contributed by atoms with van der Waals surface area (Å²) in [7, 11) is 0. The summed E-state index contributed by atoms with van der Waals surface area (Å²) in [5.41, 5.74) is 1.21. The quantitative estimate of drug-likeness (QED) is 0.622. The number of alkyl halides is 1. The Balaban J connectivity index is 2.26. The van der Waals surface area contributed by atoms with Crippen LogP contribution in [0.4, 0.5) is 4.39 Å². The molecule has 0 aliphatic carbocycles. The van der Waals surface area contributed by atoms with Gasteiger partial charge in [0.05, 0.1) is 17.4 Å². The highest BCUT2D eigenvalue weighted by molar-refractivity contribution is 7.10. The van der Waals surface area contributed by atoms with Crippen molar-refractivity contribution < 1.29 is 4.39 Å². The summed E-state index contributed by atoms with van der Waals surface area (Å²) >= 11 is 7.72. The predicted octanol–water partition coefficient (Wildman–Crippen LogP) is 4.98. The Hall–Kier alpha value is -1.39. The number of fused-ring (bicyclic) bond motifs is 1. The first-order valence-corrected chi connectivity index (χ1v) is 7.92. The Morgan fingerprint density at radius 3 is 2.85 bits per heavy atom. The van der Waals surface area contributed by atoms with Crippen LogP contribution in [0.2, 0.25) is 0 Å². The van der Waals surface area contributed by atoms with E-state index in [4.69, 9.17) is 11.6 Å². The van der Waals surface area contributed by atoms with Crippen LogP contribution in [0.25, 0.3) is 11.0 Å². The van der Waals surface area contributed by atoms with E-state index in [0.29, 0.717) is 11.3 Å². The molecule has 1 aromatic carbocycles. The molecule has 1 atom stereocenters. The molecular formula is C15H14ClFN2S. The maximum atomic E-state index is 13.9. The van der Waals surface area contributed by atoms with Crippen LogP contribution in [0.5, 0.6) is 0 Å². The normalized spacial score (nSPS) is 12.9. The third-order valence-corrected chi connectivity index (χ3v) is 4.65. The Morgan fingerprint density at radius 1 is 1.35 bits per heavy atom. The average Bonchev–Trinajstić information content (AvgIpc) is 3.09. The van der Waals surface area contributed by atoms with Crippen LogP contribution < -0.4 is 0 Å². The molecule has 5 heteroatoms. The smallest absolute Gasteiger partial charge is 0.151 e. The maximum Gasteiger partial charge on any atom is 0.151 e. The number of imidazole rings is 1. The summed E-state index contributed by atoms with van der Waals surface area (Å²) in [4.78, 5) is 5.61. The number of benzene rings is 1. The van der Waals surface area contributed by atoms with E-state index < -0.39 is 0 Å². The summed E-state index contributed by atoms with van der Waals surface area (Å²) in [5.74, 6) is 0.691. The van der Waals surface area contributed by atoms with Gasteiger partial charge < -0.3 is 4.57 Å². The minimum atomic E-state index is -0.298. The fourth-order valence-corrected chi connectivity index (χ4v) is 3.65. The first kappa shape index (κ1) is 13.6. The number of thiophene rings is 1. The zero-order valence-electron chi connectivity index (χ0n) is 11.0. The molecule has 0 saturated heterocycles. The number of halogens is 2. The third-order valence-electron chi connectivity index (χ3n) is 3.43. The Labute approximate surface area is 125 Å². The summed E-state index contributed by atoms with van der Waals surface area (Å²) in [5, 5.41) is 2.05. The molecule has 3 rings (SSSR count). The van der Waals surface area contributed by atoms with Gasteiger partial charge >= 0.3 is 0 Å². The highest BCUT2D eigenvalue weighted by Crippen LogP contribution is 2.32. The fourth-order valence-electron chi connectivity index (χ4n) is 2.56. The van der Waals surface area contributed by atoms with Crippen LogP contribution in [0.3, 0.4) is 0 Å². The van der Waals surface area contributed by atoms with Crippen LogP contribution in [0, 0.1) is 5.82 Å². The fraction of sp³-hybridized carbons (Fsp3) is 0.267. The van der Waals surface area contributed by atoms with Gasteiger partial charge in [0, 0.05) is 4.88 Å². The van der Waals surface area contributed by atoms with Crippen LogP contribution in [0.15, 0.2) is 35.7 Å². The van der Waals surface area contributed by atoms with Gasteiger partial charge in [-0.15, -0.1) is 22.9 Å². The van der Waals surface area contributed by atoms with Crippen molar-refractivity contribution in [3.05, 3.63) is 52.2 Å². The largest absolute Gasteiger partial charge is 0.318 e. The van der Waals surface area contributed by atoms with E-state index >= 15 is 0 Å². The van der Waals surface area contributed by atoms with E-state index in [1.165, 1.54) is 10.9 Å². The Kier molecular flexibility index (Phi) is 3.76. The van der Waals surface area contributed by atoms with Crippen LogP contribution >= 0.6 is 22.9 Å². The molecule has 0 spiro atoms. The molecule has 0 aliphatic heterocycles. The van der Waals surface area contributed by atoms with Gasteiger partial charge in [0.1, 0.15) is 11.3 Å². The standard InChI is InChI=1S/C15H14ClFN2S/c1-2-11(13-7-4-8-20-13)19-12-6-3-5-10(17)15(12)18-14(19)9-16/h3-8,11H,2,9H2,1H3. The number of rotatable bonds is 4. The van der Waals surface area contributed by atoms with Gasteiger partial charge in [0.25, 0.3) is 0 Å². The second kappa shape index (κ2) is 5.54. The lowest BCUT2D eigenvalue weighted by molar-refractivity contribution is 0.574. The van der Waals surface area contributed by atoms with Crippen molar-refractivity contribution in [2.24, 2.45) is 0 Å². The van der Waals surface area contributed by atoms with Gasteiger partial charge in [-0.3, -0.25) is 0 Å². The van der Waals surface area contributed by atoms with Gasteiger partial charge in [-0.1, -0.05) is 19.1 Å². The predicted molar refractivity (Wildman–Crippen MR) is 82.0 cm³/mol. The van der Waals surface area contributed by atoms with Crippen molar-refractivity contribution in [3.63, 3.8) is 0 Å². The molecule has 2 heterocycles. The lowest BCUT2D eigenvalue weighted by atomic mass is 10.1. The summed E-state index contributed by atoms with van der Waals surface area (Å²) in [6, 6.07) is 9.33. The van der Waals surface area contributed by atoms with Gasteiger partial charge in [-0.2, -0.15) is 0 Å². The maximum absolute atomic E-state index is 13.9. The van der Waals surface area contributed by atoms with Crippen molar-refractivity contribution in [1.82, 2.24) is 9.55 Å². The van der Waals surface area contributed by atoms with Crippen molar-refractivity contribution in [2.45, 2.75) is 25.3 Å². The Bertz CT molecular complexity index is 721. The average molecular weight is 309 g/mol. The molecule has 104 valence electrons. The van der Waals surface area contributed by atoms with Crippen molar-refractivity contribution in [1.29, 1.82) is 0 Å². The third kappa shape index (κ3) is 2.13. The molecule has 3 aromatic rings. The van der Waals surface area contributed by atoms with Gasteiger partial charge in [-0.25, -0.2) is 9.37 Å². The number of nitrogens with zero attached hydrogens (tertiary/aromatic N) is 2. The highest BCUT2D eigenvalue weighted by atomic mass is 35.5. The van der Waals surface area contributed by atoms with Crippen LogP contribution in [-0.4, -0.2) is 9.55 Å². The summed E-state index contributed by atoms with van der Waals surface area (Å²) in [6.45, 7) is 2.12. The highest BCUT2D eigenvalue weighted by Gasteiger charge is 2.21. The topological polar surface area (TPSA) is 17.8 Å². The van der Waals surface area contributed by atoms with Crippen molar-refractivity contribution >= 4 is 34.0 Å². The van der Waals surface area contributed by atoms with E-state index in [1.807, 2.05) is 12.1 Å². The molecule has 0 amide bonds. The van der Waals surface area contributed by atoms with Gasteiger partial charge in [0.2, 0.25) is 0 Å². The van der Waals surface area contributed by atoms with Crippen molar-refractivity contribution in [3.8, 4) is 0 Å². The molecule has 20 heavy (non-hydrogen) atoms. The lowest BCUT2D eigenvalue weighted by Gasteiger charge is -2.18. The van der Waals surface area contributed by atoms with Crippen LogP contribution in [0.1, 0.15) is 30.1 Å². The van der Waals surface area contributed by atoms with E-state index in [-0.39, 0.29) is 17.7 Å². The minimum Gasteiger partial charge on any atom is -0.318 e. The molecule has 0 bridgehead atoms. The summed E-state index contributed by atoms with van der Waals surface area (Å²) < 4.78 is 16.0. The SMILES string of the molecule is CCC(c1cccs1)n1c(CCl)nc2c(F)cccc21. The molecule has 0 N–H and O–H groups in total. The monoisotopic (exact) mass is 308 g/mol. The second-order valence-electron chi connectivity index (χ2n) is 4.58. The zero-order valence-corrected chi connectivity index (χ0v) is 12.6. The summed E-state index contributed by atoms with van der Waals surface area (Å²) in [6.07, 6.45) is 0.909. The molecule has 0 fully saturated rings. The zero-order chi connectivity index (χ0) is 14.1. The van der Waals surface area contributed by atoms with E-state index in [1.54, 1.807) is 17.4 Å². The molecule has 0 radical (unpaired) electrons. The van der Waals surface area contributed by atoms with Gasteiger partial charge in [-0.05, 0) is 30.0 Å². The van der Waals surface area contributed by atoms with E-state index in [2.05, 4.69) is 27.9 Å². The molecular weight excluding hydrogens is 295 g/mol. The lowest BCUT2D eigenvalue weighted by Crippen LogP contribution is -2.11. The Morgan fingerprint density at radius 2 is 2.20 bits per heavy atom. The molecule has 1 unspecified atom stereocenters. The molecule has 2 nitrogen and oxygen atoms in total. The molecule has 0 aliphatic rings. The second-order valence-corrected chi connectivity index (χ2v) is 5.83. The molecule has 2 aromatic heterocycles. The van der Waals surface area contributed by atoms with Gasteiger partial charge in [0.15, 0.2) is 5.82 Å².